The van der Waals surface area contributed by atoms with Gasteiger partial charge in [-0.05, 0) is 77.4 Å². The highest BCUT2D eigenvalue weighted by molar-refractivity contribution is 4.90. The van der Waals surface area contributed by atoms with E-state index in [1.807, 2.05) is 0 Å². The molecule has 0 aliphatic rings. The van der Waals surface area contributed by atoms with Crippen LogP contribution in [0.1, 0.15) is 86.5 Å². The van der Waals surface area contributed by atoms with Gasteiger partial charge in [0.05, 0.1) is 0 Å². The maximum Gasteiger partial charge on any atom is 0.0155 e. The Hall–Kier alpha value is -0.160. The van der Waals surface area contributed by atoms with E-state index in [0.29, 0.717) is 5.92 Å². The molecule has 152 valence electrons. The van der Waals surface area contributed by atoms with E-state index in [1.165, 1.54) is 19.3 Å². The topological polar surface area (TPSA) is 81.3 Å². The Bertz CT molecular complexity index is 311. The summed E-state index contributed by atoms with van der Waals surface area (Å²) in [5.41, 5.74) is 19.2. The van der Waals surface area contributed by atoms with Gasteiger partial charge in [-0.15, -0.1) is 0 Å². The second kappa shape index (κ2) is 13.1. The van der Waals surface area contributed by atoms with E-state index < -0.39 is 0 Å². The second-order valence-corrected chi connectivity index (χ2v) is 8.87. The summed E-state index contributed by atoms with van der Waals surface area (Å²) in [6.07, 6.45) is 7.71. The predicted octanol–water partition coefficient (Wildman–Crippen LogP) is 3.72. The molecule has 25 heavy (non-hydrogen) atoms. The van der Waals surface area contributed by atoms with Crippen LogP contribution in [0.2, 0.25) is 0 Å². The summed E-state index contributed by atoms with van der Waals surface area (Å²) in [5.74, 6) is 1.15. The summed E-state index contributed by atoms with van der Waals surface area (Å²) in [6, 6.07) is 0.410. The van der Waals surface area contributed by atoms with Crippen LogP contribution in [-0.4, -0.2) is 42.2 Å². The molecule has 0 aromatic carbocycles. The average molecular weight is 357 g/mol. The molecule has 4 heteroatoms. The van der Waals surface area contributed by atoms with Crippen LogP contribution in [0.4, 0.5) is 0 Å². The SMILES string of the molecule is CCN(CC)CCCC(N)CC(CC(C)N)C(C)(N)CCCC(C)C. The molecule has 6 N–H and O–H groups in total. The Morgan fingerprint density at radius 3 is 2.00 bits per heavy atom. The van der Waals surface area contributed by atoms with E-state index in [2.05, 4.69) is 46.4 Å². The van der Waals surface area contributed by atoms with Gasteiger partial charge < -0.3 is 22.1 Å². The lowest BCUT2D eigenvalue weighted by molar-refractivity contribution is 0.210. The van der Waals surface area contributed by atoms with Crippen LogP contribution in [0.25, 0.3) is 0 Å². The maximum absolute atomic E-state index is 6.74. The second-order valence-electron chi connectivity index (χ2n) is 8.87. The fourth-order valence-corrected chi connectivity index (χ4v) is 3.78. The average Bonchev–Trinajstić information content (AvgIpc) is 2.50. The molecule has 0 saturated carbocycles. The van der Waals surface area contributed by atoms with Gasteiger partial charge in [0.25, 0.3) is 0 Å². The standard InChI is InChI=1S/C21H48N4/c1-7-25(8-2)14-10-12-20(23)16-19(15-18(5)22)21(6,24)13-9-11-17(3)4/h17-20H,7-16,22-24H2,1-6H3. The van der Waals surface area contributed by atoms with Gasteiger partial charge in [0.2, 0.25) is 0 Å². The van der Waals surface area contributed by atoms with Gasteiger partial charge in [-0.3, -0.25) is 0 Å². The van der Waals surface area contributed by atoms with Crippen LogP contribution in [0.3, 0.4) is 0 Å². The predicted molar refractivity (Wildman–Crippen MR) is 113 cm³/mol. The van der Waals surface area contributed by atoms with Crippen LogP contribution < -0.4 is 17.2 Å². The third-order valence-electron chi connectivity index (χ3n) is 5.62. The summed E-state index contributed by atoms with van der Waals surface area (Å²) >= 11 is 0. The molecule has 0 aliphatic heterocycles. The monoisotopic (exact) mass is 356 g/mol. The lowest BCUT2D eigenvalue weighted by atomic mass is 9.75. The van der Waals surface area contributed by atoms with Crippen LogP contribution in [0.5, 0.6) is 0 Å². The molecule has 4 atom stereocenters. The molecular formula is C21H48N4. The Kier molecular flexibility index (Phi) is 13.0. The molecule has 0 aromatic rings. The number of hydrogen-bond acceptors (Lipinski definition) is 4. The van der Waals surface area contributed by atoms with Crippen molar-refractivity contribution in [3.05, 3.63) is 0 Å². The zero-order valence-electron chi connectivity index (χ0n) is 18.1. The number of rotatable bonds is 15. The van der Waals surface area contributed by atoms with E-state index in [9.17, 15) is 0 Å². The first kappa shape index (κ1) is 24.8. The van der Waals surface area contributed by atoms with Gasteiger partial charge in [0, 0.05) is 17.6 Å². The summed E-state index contributed by atoms with van der Waals surface area (Å²) in [5, 5.41) is 0. The summed E-state index contributed by atoms with van der Waals surface area (Å²) in [7, 11) is 0. The van der Waals surface area contributed by atoms with Crippen molar-refractivity contribution >= 4 is 0 Å². The van der Waals surface area contributed by atoms with Gasteiger partial charge in [-0.25, -0.2) is 0 Å². The first-order valence-electron chi connectivity index (χ1n) is 10.6. The smallest absolute Gasteiger partial charge is 0.0155 e. The van der Waals surface area contributed by atoms with Crippen LogP contribution >= 0.6 is 0 Å². The van der Waals surface area contributed by atoms with Crippen molar-refractivity contribution in [3.63, 3.8) is 0 Å². The van der Waals surface area contributed by atoms with Crippen molar-refractivity contribution in [2.75, 3.05) is 19.6 Å². The van der Waals surface area contributed by atoms with Crippen LogP contribution in [-0.2, 0) is 0 Å². The van der Waals surface area contributed by atoms with Crippen molar-refractivity contribution in [2.45, 2.75) is 104 Å². The molecule has 0 amide bonds. The molecule has 0 spiro atoms. The quantitative estimate of drug-likeness (QED) is 0.418. The van der Waals surface area contributed by atoms with Crippen molar-refractivity contribution in [2.24, 2.45) is 29.0 Å². The Labute approximate surface area is 158 Å². The highest BCUT2D eigenvalue weighted by Crippen LogP contribution is 2.30. The normalized spacial score (nSPS) is 18.4. The van der Waals surface area contributed by atoms with Gasteiger partial charge >= 0.3 is 0 Å². The largest absolute Gasteiger partial charge is 0.328 e. The number of nitrogens with zero attached hydrogens (tertiary/aromatic N) is 1. The Morgan fingerprint density at radius 1 is 0.920 bits per heavy atom. The molecule has 0 aliphatic carbocycles. The minimum atomic E-state index is -0.168. The molecule has 0 heterocycles. The Morgan fingerprint density at radius 2 is 1.52 bits per heavy atom. The molecule has 0 radical (unpaired) electrons. The van der Waals surface area contributed by atoms with Crippen LogP contribution in [0, 0.1) is 11.8 Å². The van der Waals surface area contributed by atoms with Crippen molar-refractivity contribution in [1.29, 1.82) is 0 Å². The minimum absolute atomic E-state index is 0.168. The lowest BCUT2D eigenvalue weighted by Gasteiger charge is -2.37. The molecule has 0 saturated heterocycles. The highest BCUT2D eigenvalue weighted by atomic mass is 15.1. The zero-order valence-corrected chi connectivity index (χ0v) is 18.1. The lowest BCUT2D eigenvalue weighted by Crippen LogP contribution is -2.48. The number of hydrogen-bond donors (Lipinski definition) is 3. The third kappa shape index (κ3) is 12.0. The molecule has 0 bridgehead atoms. The van der Waals surface area contributed by atoms with E-state index in [-0.39, 0.29) is 17.6 Å². The van der Waals surface area contributed by atoms with E-state index in [4.69, 9.17) is 17.2 Å². The van der Waals surface area contributed by atoms with Crippen LogP contribution in [0.15, 0.2) is 0 Å². The summed E-state index contributed by atoms with van der Waals surface area (Å²) in [6.45, 7) is 16.7. The van der Waals surface area contributed by atoms with Crippen molar-refractivity contribution in [3.8, 4) is 0 Å². The van der Waals surface area contributed by atoms with Gasteiger partial charge in [-0.2, -0.15) is 0 Å². The van der Waals surface area contributed by atoms with E-state index in [0.717, 1.165) is 51.2 Å². The van der Waals surface area contributed by atoms with Crippen molar-refractivity contribution < 1.29 is 0 Å². The molecule has 4 unspecified atom stereocenters. The highest BCUT2D eigenvalue weighted by Gasteiger charge is 2.31. The molecule has 0 rings (SSSR count). The molecular weight excluding hydrogens is 308 g/mol. The molecule has 4 nitrogen and oxygen atoms in total. The third-order valence-corrected chi connectivity index (χ3v) is 5.62. The summed E-state index contributed by atoms with van der Waals surface area (Å²) in [4.78, 5) is 2.46. The Balaban J connectivity index is 4.53. The van der Waals surface area contributed by atoms with E-state index in [1.54, 1.807) is 0 Å². The maximum atomic E-state index is 6.74. The fourth-order valence-electron chi connectivity index (χ4n) is 3.78. The minimum Gasteiger partial charge on any atom is -0.328 e. The first-order valence-corrected chi connectivity index (χ1v) is 10.6. The van der Waals surface area contributed by atoms with Gasteiger partial charge in [-0.1, -0.05) is 40.5 Å². The van der Waals surface area contributed by atoms with E-state index >= 15 is 0 Å². The molecule has 0 fully saturated rings. The summed E-state index contributed by atoms with van der Waals surface area (Å²) < 4.78 is 0. The molecule has 0 aromatic heterocycles. The van der Waals surface area contributed by atoms with Crippen molar-refractivity contribution in [1.82, 2.24) is 4.90 Å². The number of nitrogens with two attached hydrogens (primary N) is 3. The van der Waals surface area contributed by atoms with Gasteiger partial charge in [0.1, 0.15) is 0 Å². The fraction of sp³-hybridized carbons (Fsp3) is 1.00. The zero-order chi connectivity index (χ0) is 19.5. The van der Waals surface area contributed by atoms with Gasteiger partial charge in [0.15, 0.2) is 0 Å². The first-order chi connectivity index (χ1) is 11.6.